The molecule has 7 nitrogen and oxygen atoms in total. The average Bonchev–Trinajstić information content (AvgIpc) is 3.32. The Morgan fingerprint density at radius 1 is 1.03 bits per heavy atom. The zero-order valence-corrected chi connectivity index (χ0v) is 19.9. The number of likely N-dealkylation sites (tertiary alicyclic amines) is 1. The number of carbonyl (C=O) groups excluding carboxylic acids is 2. The second-order valence-electron chi connectivity index (χ2n) is 9.77. The van der Waals surface area contributed by atoms with Crippen molar-refractivity contribution in [2.45, 2.75) is 39.2 Å². The van der Waals surface area contributed by atoms with Gasteiger partial charge in [-0.25, -0.2) is 4.79 Å². The summed E-state index contributed by atoms with van der Waals surface area (Å²) in [7, 11) is 0. The van der Waals surface area contributed by atoms with Crippen molar-refractivity contribution in [3.63, 3.8) is 0 Å². The first-order chi connectivity index (χ1) is 16.3. The highest BCUT2D eigenvalue weighted by Crippen LogP contribution is 2.44. The molecule has 7 heteroatoms. The molecule has 1 heterocycles. The number of benzene rings is 2. The van der Waals surface area contributed by atoms with Crippen LogP contribution < -0.4 is 5.32 Å². The Morgan fingerprint density at radius 2 is 1.62 bits per heavy atom. The molecular weight excluding hydrogens is 432 g/mol. The summed E-state index contributed by atoms with van der Waals surface area (Å²) in [5.41, 5.74) is 4.56. The molecule has 1 aliphatic heterocycles. The number of nitrogens with zero attached hydrogens (tertiary/aromatic N) is 1. The Hall–Kier alpha value is -3.35. The van der Waals surface area contributed by atoms with Gasteiger partial charge in [0.2, 0.25) is 5.91 Å². The van der Waals surface area contributed by atoms with Crippen LogP contribution in [0.3, 0.4) is 0 Å². The summed E-state index contributed by atoms with van der Waals surface area (Å²) in [6.45, 7) is 6.78. The minimum absolute atomic E-state index is 0.0388. The van der Waals surface area contributed by atoms with Crippen LogP contribution in [-0.2, 0) is 14.3 Å². The van der Waals surface area contributed by atoms with Crippen LogP contribution >= 0.6 is 0 Å². The van der Waals surface area contributed by atoms with Crippen molar-refractivity contribution >= 4 is 18.0 Å². The van der Waals surface area contributed by atoms with Crippen LogP contribution in [0, 0.1) is 17.8 Å². The minimum Gasteiger partial charge on any atom is -0.481 e. The number of carboxylic acid groups (broad SMARTS) is 1. The van der Waals surface area contributed by atoms with E-state index in [-0.39, 0.29) is 42.6 Å². The summed E-state index contributed by atoms with van der Waals surface area (Å²) in [6, 6.07) is 15.5. The van der Waals surface area contributed by atoms with Gasteiger partial charge in [-0.2, -0.15) is 0 Å². The molecule has 0 spiro atoms. The molecule has 34 heavy (non-hydrogen) atoms. The summed E-state index contributed by atoms with van der Waals surface area (Å²) in [6.07, 6.45) is -0.583. The fourth-order valence-corrected chi connectivity index (χ4v) is 5.18. The van der Waals surface area contributed by atoms with E-state index in [1.165, 1.54) is 0 Å². The molecule has 180 valence electrons. The summed E-state index contributed by atoms with van der Waals surface area (Å²) >= 11 is 0. The van der Waals surface area contributed by atoms with Gasteiger partial charge in [-0.05, 0) is 40.0 Å². The van der Waals surface area contributed by atoms with Crippen molar-refractivity contribution in [2.75, 3.05) is 19.7 Å². The number of hydrogen-bond acceptors (Lipinski definition) is 4. The molecule has 4 rings (SSSR count). The van der Waals surface area contributed by atoms with Crippen molar-refractivity contribution in [3.05, 3.63) is 59.7 Å². The van der Waals surface area contributed by atoms with Crippen LogP contribution in [0.15, 0.2) is 48.5 Å². The molecule has 3 atom stereocenters. The topological polar surface area (TPSA) is 95.9 Å². The molecule has 2 aliphatic rings. The van der Waals surface area contributed by atoms with Gasteiger partial charge in [0.15, 0.2) is 0 Å². The monoisotopic (exact) mass is 464 g/mol. The lowest BCUT2D eigenvalue weighted by atomic mass is 9.95. The molecular formula is C27H32N2O5. The Kier molecular flexibility index (Phi) is 6.91. The molecule has 0 bridgehead atoms. The standard InChI is InChI=1S/C27H32N2O5/c1-16(2)25(26(32)29-13-17(3)18(14-29)12-24(30)31)28-27(33)34-15-23-21-10-6-4-8-19(21)20-9-5-7-11-22(20)23/h4-11,16-18,23,25H,12-15H2,1-3H3,(H,28,33)(H,30,31)/t17?,18?,25-/m0/s1. The Balaban J connectivity index is 1.40. The Labute approximate surface area is 200 Å². The smallest absolute Gasteiger partial charge is 0.407 e. The largest absolute Gasteiger partial charge is 0.481 e. The predicted molar refractivity (Wildman–Crippen MR) is 128 cm³/mol. The number of rotatable bonds is 7. The van der Waals surface area contributed by atoms with Crippen molar-refractivity contribution < 1.29 is 24.2 Å². The highest BCUT2D eigenvalue weighted by Gasteiger charge is 2.38. The van der Waals surface area contributed by atoms with Gasteiger partial charge in [0.05, 0.1) is 6.42 Å². The Bertz CT molecular complexity index is 1040. The fourth-order valence-electron chi connectivity index (χ4n) is 5.18. The van der Waals surface area contributed by atoms with E-state index in [9.17, 15) is 14.4 Å². The molecule has 0 saturated carbocycles. The van der Waals surface area contributed by atoms with Gasteiger partial charge in [0.1, 0.15) is 12.6 Å². The zero-order valence-electron chi connectivity index (χ0n) is 19.9. The third kappa shape index (κ3) is 4.79. The molecule has 2 aromatic rings. The zero-order chi connectivity index (χ0) is 24.4. The summed E-state index contributed by atoms with van der Waals surface area (Å²) in [5, 5.41) is 11.9. The number of nitrogens with one attached hydrogen (secondary N) is 1. The van der Waals surface area contributed by atoms with Gasteiger partial charge in [0.25, 0.3) is 0 Å². The first kappa shape index (κ1) is 23.8. The maximum Gasteiger partial charge on any atom is 0.407 e. The maximum atomic E-state index is 13.2. The quantitative estimate of drug-likeness (QED) is 0.643. The molecule has 2 aromatic carbocycles. The maximum absolute atomic E-state index is 13.2. The number of carbonyl (C=O) groups is 3. The predicted octanol–water partition coefficient (Wildman–Crippen LogP) is 4.12. The minimum atomic E-state index is -0.858. The third-order valence-electron chi connectivity index (χ3n) is 7.07. The van der Waals surface area contributed by atoms with Crippen LogP contribution in [0.25, 0.3) is 11.1 Å². The van der Waals surface area contributed by atoms with E-state index in [1.807, 2.05) is 45.0 Å². The molecule has 0 radical (unpaired) electrons. The van der Waals surface area contributed by atoms with Gasteiger partial charge in [0, 0.05) is 19.0 Å². The average molecular weight is 465 g/mol. The second kappa shape index (κ2) is 9.87. The van der Waals surface area contributed by atoms with E-state index in [0.29, 0.717) is 13.1 Å². The van der Waals surface area contributed by atoms with E-state index in [0.717, 1.165) is 22.3 Å². The van der Waals surface area contributed by atoms with Crippen LogP contribution in [-0.4, -0.2) is 53.7 Å². The lowest BCUT2D eigenvalue weighted by Gasteiger charge is -2.27. The molecule has 1 fully saturated rings. The van der Waals surface area contributed by atoms with Crippen LogP contribution in [0.1, 0.15) is 44.2 Å². The van der Waals surface area contributed by atoms with Crippen molar-refractivity contribution in [1.82, 2.24) is 10.2 Å². The molecule has 2 unspecified atom stereocenters. The molecule has 1 saturated heterocycles. The van der Waals surface area contributed by atoms with Crippen LogP contribution in [0.4, 0.5) is 4.79 Å². The summed E-state index contributed by atoms with van der Waals surface area (Å²) in [4.78, 5) is 38.7. The molecule has 2 amide bonds. The first-order valence-electron chi connectivity index (χ1n) is 11.9. The van der Waals surface area contributed by atoms with Gasteiger partial charge < -0.3 is 20.1 Å². The van der Waals surface area contributed by atoms with Gasteiger partial charge >= 0.3 is 12.1 Å². The highest BCUT2D eigenvalue weighted by atomic mass is 16.5. The lowest BCUT2D eigenvalue weighted by molar-refractivity contribution is -0.139. The number of ether oxygens (including phenoxy) is 1. The van der Waals surface area contributed by atoms with Crippen LogP contribution in [0.2, 0.25) is 0 Å². The number of carboxylic acids is 1. The number of hydrogen-bond donors (Lipinski definition) is 2. The molecule has 2 N–H and O–H groups in total. The normalized spacial score (nSPS) is 20.1. The van der Waals surface area contributed by atoms with Crippen molar-refractivity contribution in [2.24, 2.45) is 17.8 Å². The number of aliphatic carboxylic acids is 1. The lowest BCUT2D eigenvalue weighted by Crippen LogP contribution is -2.51. The molecule has 0 aromatic heterocycles. The van der Waals surface area contributed by atoms with Crippen molar-refractivity contribution in [1.29, 1.82) is 0 Å². The molecule has 1 aliphatic carbocycles. The van der Waals surface area contributed by atoms with E-state index in [1.54, 1.807) is 4.90 Å². The van der Waals surface area contributed by atoms with E-state index in [2.05, 4.69) is 29.6 Å². The summed E-state index contributed by atoms with van der Waals surface area (Å²) < 4.78 is 5.63. The van der Waals surface area contributed by atoms with Gasteiger partial charge in [-0.1, -0.05) is 69.3 Å². The van der Waals surface area contributed by atoms with Crippen molar-refractivity contribution in [3.8, 4) is 11.1 Å². The Morgan fingerprint density at radius 3 is 2.18 bits per heavy atom. The number of alkyl carbamates (subject to hydrolysis) is 1. The van der Waals surface area contributed by atoms with E-state index in [4.69, 9.17) is 9.84 Å². The van der Waals surface area contributed by atoms with Gasteiger partial charge in [-0.3, -0.25) is 9.59 Å². The fraction of sp³-hybridized carbons (Fsp3) is 0.444. The summed E-state index contributed by atoms with van der Waals surface area (Å²) in [5.74, 6) is -1.22. The van der Waals surface area contributed by atoms with Gasteiger partial charge in [-0.15, -0.1) is 0 Å². The number of amides is 2. The first-order valence-corrected chi connectivity index (χ1v) is 11.9. The van der Waals surface area contributed by atoms with Crippen LogP contribution in [0.5, 0.6) is 0 Å². The SMILES string of the molecule is CC1CN(C(=O)[C@@H](NC(=O)OCC2c3ccccc3-c3ccccc32)C(C)C)CC1CC(=O)O. The van der Waals surface area contributed by atoms with E-state index >= 15 is 0 Å². The number of fused-ring (bicyclic) bond motifs is 3. The highest BCUT2D eigenvalue weighted by molar-refractivity contribution is 5.86. The second-order valence-corrected chi connectivity index (χ2v) is 9.77. The van der Waals surface area contributed by atoms with E-state index < -0.39 is 18.1 Å². The third-order valence-corrected chi connectivity index (χ3v) is 7.07.